The van der Waals surface area contributed by atoms with Crippen molar-refractivity contribution in [1.82, 2.24) is 0 Å². The van der Waals surface area contributed by atoms with Crippen LogP contribution in [0, 0.1) is 11.8 Å². The maximum atomic E-state index is 10.3. The van der Waals surface area contributed by atoms with E-state index in [1.807, 2.05) is 0 Å². The Balaban J connectivity index is 3.67. The lowest BCUT2D eigenvalue weighted by atomic mass is 10.0. The lowest BCUT2D eigenvalue weighted by Crippen LogP contribution is -1.92. The average Bonchev–Trinajstić information content (AvgIpc) is 2.26. The summed E-state index contributed by atoms with van der Waals surface area (Å²) in [4.78, 5) is 10.3. The molecule has 2 atom stereocenters. The number of hydrogen-bond donors (Lipinski definition) is 0. The largest absolute Gasteiger partial charge is 0.303 e. The highest BCUT2D eigenvalue weighted by molar-refractivity contribution is 5.50. The van der Waals surface area contributed by atoms with Crippen molar-refractivity contribution in [2.24, 2.45) is 11.8 Å². The van der Waals surface area contributed by atoms with Crippen LogP contribution < -0.4 is 0 Å². The number of carbonyl (C=O) groups is 1. The number of aldehydes is 1. The zero-order valence-electron chi connectivity index (χ0n) is 11.0. The highest BCUT2D eigenvalue weighted by Gasteiger charge is 1.97. The second-order valence-electron chi connectivity index (χ2n) is 4.59. The number of rotatable bonds is 9. The molecule has 0 rings (SSSR count). The van der Waals surface area contributed by atoms with Crippen LogP contribution in [0.5, 0.6) is 0 Å². The van der Waals surface area contributed by atoms with Crippen molar-refractivity contribution in [2.45, 2.75) is 52.9 Å². The van der Waals surface area contributed by atoms with E-state index in [9.17, 15) is 4.79 Å². The molecule has 2 unspecified atom stereocenters. The van der Waals surface area contributed by atoms with Crippen LogP contribution in [0.2, 0.25) is 0 Å². The molecule has 0 aliphatic rings. The van der Waals surface area contributed by atoms with Gasteiger partial charge in [-0.1, -0.05) is 57.9 Å². The third-order valence-electron chi connectivity index (χ3n) is 2.64. The number of hydrogen-bond acceptors (Lipinski definition) is 1. The van der Waals surface area contributed by atoms with Crippen LogP contribution >= 0.6 is 0 Å². The lowest BCUT2D eigenvalue weighted by molar-refractivity contribution is -0.108. The first-order chi connectivity index (χ1) is 7.70. The molecule has 92 valence electrons. The molecule has 0 saturated heterocycles. The Morgan fingerprint density at radius 2 is 1.62 bits per heavy atom. The zero-order valence-corrected chi connectivity index (χ0v) is 11.0. The molecule has 0 aromatic heterocycles. The Bertz CT molecular complexity index is 215. The molecule has 0 amide bonds. The summed E-state index contributed by atoms with van der Waals surface area (Å²) in [6.45, 7) is 6.51. The highest BCUT2D eigenvalue weighted by atomic mass is 16.1. The van der Waals surface area contributed by atoms with Crippen LogP contribution in [-0.4, -0.2) is 6.29 Å². The third kappa shape index (κ3) is 9.70. The van der Waals surface area contributed by atoms with Gasteiger partial charge < -0.3 is 4.79 Å². The molecule has 0 fully saturated rings. The molecule has 1 nitrogen and oxygen atoms in total. The molecule has 0 heterocycles. The Morgan fingerprint density at radius 1 is 1.00 bits per heavy atom. The van der Waals surface area contributed by atoms with Gasteiger partial charge in [-0.2, -0.15) is 0 Å². The summed E-state index contributed by atoms with van der Waals surface area (Å²) >= 11 is 0. The van der Waals surface area contributed by atoms with E-state index in [-0.39, 0.29) is 0 Å². The van der Waals surface area contributed by atoms with Crippen LogP contribution in [0.25, 0.3) is 0 Å². The van der Waals surface area contributed by atoms with Crippen molar-refractivity contribution in [3.63, 3.8) is 0 Å². The summed E-state index contributed by atoms with van der Waals surface area (Å²) in [5.74, 6) is 0.955. The third-order valence-corrected chi connectivity index (χ3v) is 2.64. The molecule has 1 heteroatoms. The number of carbonyl (C=O) groups excluding carboxylic acids is 1. The van der Waals surface area contributed by atoms with Gasteiger partial charge in [0.1, 0.15) is 6.29 Å². The van der Waals surface area contributed by atoms with Gasteiger partial charge in [0.25, 0.3) is 0 Å². The van der Waals surface area contributed by atoms with Gasteiger partial charge in [0.05, 0.1) is 0 Å². The quantitative estimate of drug-likeness (QED) is 0.318. The van der Waals surface area contributed by atoms with Gasteiger partial charge in [0, 0.05) is 6.42 Å². The van der Waals surface area contributed by atoms with Crippen molar-refractivity contribution in [1.29, 1.82) is 0 Å². The van der Waals surface area contributed by atoms with Crippen molar-refractivity contribution in [2.75, 3.05) is 0 Å². The molecular formula is C15H26O. The SMILES string of the molecule is CCCC/C=C/CC(C)/C=C/C(C)CC=O. The fraction of sp³-hybridized carbons (Fsp3) is 0.667. The van der Waals surface area contributed by atoms with E-state index in [1.54, 1.807) is 0 Å². The van der Waals surface area contributed by atoms with E-state index >= 15 is 0 Å². The van der Waals surface area contributed by atoms with Crippen LogP contribution in [0.1, 0.15) is 52.9 Å². The first-order valence-electron chi connectivity index (χ1n) is 6.47. The second kappa shape index (κ2) is 10.7. The number of allylic oxidation sites excluding steroid dienone is 4. The predicted molar refractivity (Wildman–Crippen MR) is 71.4 cm³/mol. The summed E-state index contributed by atoms with van der Waals surface area (Å²) in [7, 11) is 0. The maximum absolute atomic E-state index is 10.3. The fourth-order valence-electron chi connectivity index (χ4n) is 1.44. The Hall–Kier alpha value is -0.850. The first kappa shape index (κ1) is 15.2. The molecule has 0 radical (unpaired) electrons. The molecule has 0 aliphatic heterocycles. The van der Waals surface area contributed by atoms with E-state index in [0.29, 0.717) is 18.3 Å². The summed E-state index contributed by atoms with van der Waals surface area (Å²) in [6.07, 6.45) is 15.4. The van der Waals surface area contributed by atoms with Crippen molar-refractivity contribution < 1.29 is 4.79 Å². The first-order valence-corrected chi connectivity index (χ1v) is 6.47. The van der Waals surface area contributed by atoms with Gasteiger partial charge in [-0.3, -0.25) is 0 Å². The summed E-state index contributed by atoms with van der Waals surface area (Å²) in [5.41, 5.74) is 0. The zero-order chi connectivity index (χ0) is 12.2. The van der Waals surface area contributed by atoms with E-state index in [1.165, 1.54) is 19.3 Å². The minimum absolute atomic E-state index is 0.379. The van der Waals surface area contributed by atoms with Crippen LogP contribution in [0.15, 0.2) is 24.3 Å². The second-order valence-corrected chi connectivity index (χ2v) is 4.59. The average molecular weight is 222 g/mol. The van der Waals surface area contributed by atoms with Gasteiger partial charge in [0.2, 0.25) is 0 Å². The van der Waals surface area contributed by atoms with Crippen molar-refractivity contribution in [3.8, 4) is 0 Å². The summed E-state index contributed by atoms with van der Waals surface area (Å²) in [6, 6.07) is 0. The van der Waals surface area contributed by atoms with Gasteiger partial charge in [0.15, 0.2) is 0 Å². The minimum atomic E-state index is 0.379. The Morgan fingerprint density at radius 3 is 2.19 bits per heavy atom. The van der Waals surface area contributed by atoms with Crippen LogP contribution in [-0.2, 0) is 4.79 Å². The van der Waals surface area contributed by atoms with Crippen molar-refractivity contribution >= 4 is 6.29 Å². The monoisotopic (exact) mass is 222 g/mol. The Labute approximate surface area is 101 Å². The van der Waals surface area contributed by atoms with E-state index < -0.39 is 0 Å². The smallest absolute Gasteiger partial charge is 0.120 e. The molecule has 16 heavy (non-hydrogen) atoms. The van der Waals surface area contributed by atoms with Gasteiger partial charge in [-0.25, -0.2) is 0 Å². The van der Waals surface area contributed by atoms with Crippen molar-refractivity contribution in [3.05, 3.63) is 24.3 Å². The maximum Gasteiger partial charge on any atom is 0.120 e. The molecule has 0 saturated carbocycles. The topological polar surface area (TPSA) is 17.1 Å². The molecule has 0 N–H and O–H groups in total. The fourth-order valence-corrected chi connectivity index (χ4v) is 1.44. The number of unbranched alkanes of at least 4 members (excludes halogenated alkanes) is 2. The molecule has 0 aliphatic carbocycles. The van der Waals surface area contributed by atoms with Crippen LogP contribution in [0.4, 0.5) is 0 Å². The van der Waals surface area contributed by atoms with Gasteiger partial charge in [-0.05, 0) is 24.7 Å². The van der Waals surface area contributed by atoms with Gasteiger partial charge >= 0.3 is 0 Å². The van der Waals surface area contributed by atoms with E-state index in [4.69, 9.17) is 0 Å². The lowest BCUT2D eigenvalue weighted by Gasteiger charge is -2.04. The molecule has 0 aromatic rings. The van der Waals surface area contributed by atoms with E-state index in [0.717, 1.165) is 12.7 Å². The molecule has 0 spiro atoms. The standard InChI is InChI=1S/C15H26O/c1-4-5-6-7-8-9-14(2)10-11-15(3)12-13-16/h7-8,10-11,13-15H,4-6,9,12H2,1-3H3/b8-7+,11-10+. The van der Waals surface area contributed by atoms with E-state index in [2.05, 4.69) is 45.1 Å². The summed E-state index contributed by atoms with van der Waals surface area (Å²) < 4.78 is 0. The predicted octanol–water partition coefficient (Wildman–Crippen LogP) is 4.54. The normalized spacial score (nSPS) is 15.7. The van der Waals surface area contributed by atoms with Gasteiger partial charge in [-0.15, -0.1) is 0 Å². The molecule has 0 bridgehead atoms. The van der Waals surface area contributed by atoms with Crippen LogP contribution in [0.3, 0.4) is 0 Å². The minimum Gasteiger partial charge on any atom is -0.303 e. The Kier molecular flexibility index (Phi) is 10.1. The summed E-state index contributed by atoms with van der Waals surface area (Å²) in [5, 5.41) is 0. The molecular weight excluding hydrogens is 196 g/mol. The highest BCUT2D eigenvalue weighted by Crippen LogP contribution is 2.09. The molecule has 0 aromatic carbocycles.